The van der Waals surface area contributed by atoms with Crippen LogP contribution in [0.2, 0.25) is 0 Å². The minimum absolute atomic E-state index is 0.533. The van der Waals surface area contributed by atoms with E-state index in [1.54, 1.807) is 0 Å². The van der Waals surface area contributed by atoms with Gasteiger partial charge in [-0.3, -0.25) is 0 Å². The topological polar surface area (TPSA) is 51.0 Å². The van der Waals surface area contributed by atoms with Crippen LogP contribution in [0, 0.1) is 0 Å². The van der Waals surface area contributed by atoms with Crippen molar-refractivity contribution < 1.29 is 4.42 Å². The number of hydrogen-bond donors (Lipinski definition) is 1. The van der Waals surface area contributed by atoms with Gasteiger partial charge in [-0.1, -0.05) is 38.8 Å². The highest BCUT2D eigenvalue weighted by Crippen LogP contribution is 2.26. The van der Waals surface area contributed by atoms with Crippen LogP contribution in [0.25, 0.3) is 11.5 Å². The van der Waals surface area contributed by atoms with Crippen LogP contribution in [-0.4, -0.2) is 16.7 Å². The smallest absolute Gasteiger partial charge is 0.247 e. The van der Waals surface area contributed by atoms with Crippen LogP contribution in [0.1, 0.15) is 19.2 Å². The van der Waals surface area contributed by atoms with Gasteiger partial charge in [0, 0.05) is 14.5 Å². The molecule has 0 radical (unpaired) electrons. The van der Waals surface area contributed by atoms with E-state index < -0.39 is 0 Å². The molecule has 1 N–H and O–H groups in total. The predicted octanol–water partition coefficient (Wildman–Crippen LogP) is 3.76. The lowest BCUT2D eigenvalue weighted by atomic mass is 10.2. The fraction of sp³-hybridized carbons (Fsp3) is 0.333. The zero-order chi connectivity index (χ0) is 13.0. The Labute approximate surface area is 122 Å². The van der Waals surface area contributed by atoms with Gasteiger partial charge in [0.2, 0.25) is 11.8 Å². The molecule has 0 saturated heterocycles. The van der Waals surface area contributed by atoms with Gasteiger partial charge in [-0.2, -0.15) is 0 Å². The van der Waals surface area contributed by atoms with Crippen molar-refractivity contribution in [2.75, 3.05) is 6.54 Å². The molecule has 2 aromatic rings. The van der Waals surface area contributed by atoms with Gasteiger partial charge in [-0.05, 0) is 31.2 Å². The number of hydrogen-bond acceptors (Lipinski definition) is 4. The summed E-state index contributed by atoms with van der Waals surface area (Å²) >= 11 is 6.87. The lowest BCUT2D eigenvalue weighted by Gasteiger charge is -1.99. The molecule has 1 aromatic heterocycles. The van der Waals surface area contributed by atoms with Crippen molar-refractivity contribution >= 4 is 31.9 Å². The first-order chi connectivity index (χ1) is 8.69. The highest BCUT2D eigenvalue weighted by Gasteiger charge is 2.09. The summed E-state index contributed by atoms with van der Waals surface area (Å²) in [4.78, 5) is 0. The lowest BCUT2D eigenvalue weighted by Crippen LogP contribution is -2.13. The quantitative estimate of drug-likeness (QED) is 0.809. The Morgan fingerprint density at radius 3 is 2.56 bits per heavy atom. The highest BCUT2D eigenvalue weighted by atomic mass is 79.9. The maximum atomic E-state index is 5.60. The van der Waals surface area contributed by atoms with Crippen LogP contribution in [0.5, 0.6) is 0 Å². The second-order valence-electron chi connectivity index (χ2n) is 3.84. The summed E-state index contributed by atoms with van der Waals surface area (Å²) < 4.78 is 7.54. The van der Waals surface area contributed by atoms with Crippen molar-refractivity contribution in [3.05, 3.63) is 33.0 Å². The van der Waals surface area contributed by atoms with Crippen molar-refractivity contribution in [2.45, 2.75) is 19.9 Å². The first-order valence-corrected chi connectivity index (χ1v) is 7.27. The Morgan fingerprint density at radius 2 is 1.89 bits per heavy atom. The summed E-state index contributed by atoms with van der Waals surface area (Å²) in [6, 6.07) is 5.85. The van der Waals surface area contributed by atoms with E-state index in [4.69, 9.17) is 4.42 Å². The maximum absolute atomic E-state index is 5.60. The van der Waals surface area contributed by atoms with E-state index in [1.807, 2.05) is 18.2 Å². The minimum Gasteiger partial charge on any atom is -0.419 e. The molecule has 1 aromatic carbocycles. The first kappa shape index (κ1) is 13.7. The molecule has 96 valence electrons. The molecule has 0 bridgehead atoms. The third kappa shape index (κ3) is 3.63. The fourth-order valence-corrected chi connectivity index (χ4v) is 2.78. The predicted molar refractivity (Wildman–Crippen MR) is 77.1 cm³/mol. The Kier molecular flexibility index (Phi) is 4.91. The van der Waals surface area contributed by atoms with E-state index in [9.17, 15) is 0 Å². The van der Waals surface area contributed by atoms with Gasteiger partial charge in [-0.25, -0.2) is 0 Å². The molecule has 0 fully saturated rings. The molecule has 0 aliphatic rings. The number of aromatic nitrogens is 2. The second kappa shape index (κ2) is 6.45. The molecule has 0 aliphatic carbocycles. The molecule has 0 saturated carbocycles. The largest absolute Gasteiger partial charge is 0.419 e. The van der Waals surface area contributed by atoms with Gasteiger partial charge in [0.05, 0.1) is 6.54 Å². The average molecular weight is 375 g/mol. The van der Waals surface area contributed by atoms with Crippen molar-refractivity contribution in [2.24, 2.45) is 0 Å². The van der Waals surface area contributed by atoms with Gasteiger partial charge in [0.1, 0.15) is 0 Å². The molecular formula is C12H13Br2N3O. The Morgan fingerprint density at radius 1 is 1.17 bits per heavy atom. The SMILES string of the molecule is CCCNCc1nnc(-c2cc(Br)cc(Br)c2)o1. The molecule has 4 nitrogen and oxygen atoms in total. The number of nitrogens with one attached hydrogen (secondary N) is 1. The summed E-state index contributed by atoms with van der Waals surface area (Å²) in [5.41, 5.74) is 0.894. The van der Waals surface area contributed by atoms with Crippen LogP contribution >= 0.6 is 31.9 Å². The molecule has 0 spiro atoms. The fourth-order valence-electron chi connectivity index (χ4n) is 1.49. The zero-order valence-electron chi connectivity index (χ0n) is 9.91. The molecule has 2 rings (SSSR count). The molecule has 6 heteroatoms. The Balaban J connectivity index is 2.13. The van der Waals surface area contributed by atoms with E-state index in [0.717, 1.165) is 27.5 Å². The van der Waals surface area contributed by atoms with Crippen LogP contribution in [0.15, 0.2) is 31.6 Å². The Bertz CT molecular complexity index is 508. The summed E-state index contributed by atoms with van der Waals surface area (Å²) in [5, 5.41) is 11.3. The molecule has 18 heavy (non-hydrogen) atoms. The summed E-state index contributed by atoms with van der Waals surface area (Å²) in [6.07, 6.45) is 1.08. The van der Waals surface area contributed by atoms with E-state index >= 15 is 0 Å². The van der Waals surface area contributed by atoms with Crippen LogP contribution in [-0.2, 0) is 6.54 Å². The van der Waals surface area contributed by atoms with Crippen molar-refractivity contribution in [3.63, 3.8) is 0 Å². The van der Waals surface area contributed by atoms with Gasteiger partial charge in [-0.15, -0.1) is 10.2 Å². The van der Waals surface area contributed by atoms with Gasteiger partial charge < -0.3 is 9.73 Å². The van der Waals surface area contributed by atoms with Crippen LogP contribution in [0.3, 0.4) is 0 Å². The molecule has 1 heterocycles. The first-order valence-electron chi connectivity index (χ1n) is 5.68. The Hall–Kier alpha value is -0.720. The van der Waals surface area contributed by atoms with E-state index in [0.29, 0.717) is 18.3 Å². The lowest BCUT2D eigenvalue weighted by molar-refractivity contribution is 0.477. The number of benzene rings is 1. The number of nitrogens with zero attached hydrogens (tertiary/aromatic N) is 2. The molecule has 0 aliphatic heterocycles. The van der Waals surface area contributed by atoms with Gasteiger partial charge in [0.25, 0.3) is 0 Å². The monoisotopic (exact) mass is 373 g/mol. The van der Waals surface area contributed by atoms with Crippen molar-refractivity contribution in [1.29, 1.82) is 0 Å². The summed E-state index contributed by atoms with van der Waals surface area (Å²) in [6.45, 7) is 3.67. The second-order valence-corrected chi connectivity index (χ2v) is 5.67. The normalized spacial score (nSPS) is 10.8. The zero-order valence-corrected chi connectivity index (χ0v) is 13.1. The third-order valence-electron chi connectivity index (χ3n) is 2.28. The van der Waals surface area contributed by atoms with Crippen molar-refractivity contribution in [3.8, 4) is 11.5 Å². The van der Waals surface area contributed by atoms with Crippen molar-refractivity contribution in [1.82, 2.24) is 15.5 Å². The number of rotatable bonds is 5. The molecule has 0 amide bonds. The number of halogens is 2. The van der Waals surface area contributed by atoms with Gasteiger partial charge in [0.15, 0.2) is 0 Å². The highest BCUT2D eigenvalue weighted by molar-refractivity contribution is 9.11. The average Bonchev–Trinajstić information content (AvgIpc) is 2.77. The molecular weight excluding hydrogens is 362 g/mol. The summed E-state index contributed by atoms with van der Waals surface area (Å²) in [7, 11) is 0. The van der Waals surface area contributed by atoms with E-state index in [2.05, 4.69) is 54.3 Å². The van der Waals surface area contributed by atoms with E-state index in [-0.39, 0.29) is 0 Å². The van der Waals surface area contributed by atoms with E-state index in [1.165, 1.54) is 0 Å². The standard InChI is InChI=1S/C12H13Br2N3O/c1-2-3-15-7-11-16-17-12(18-11)8-4-9(13)6-10(14)5-8/h4-6,15H,2-3,7H2,1H3. The maximum Gasteiger partial charge on any atom is 0.247 e. The van der Waals surface area contributed by atoms with Crippen LogP contribution in [0.4, 0.5) is 0 Å². The van der Waals surface area contributed by atoms with Gasteiger partial charge >= 0.3 is 0 Å². The summed E-state index contributed by atoms with van der Waals surface area (Å²) in [5.74, 6) is 1.14. The molecule has 0 atom stereocenters. The minimum atomic E-state index is 0.533. The van der Waals surface area contributed by atoms with Crippen LogP contribution < -0.4 is 5.32 Å². The molecule has 0 unspecified atom stereocenters. The third-order valence-corrected chi connectivity index (χ3v) is 3.20.